The Bertz CT molecular complexity index is 300. The summed E-state index contributed by atoms with van der Waals surface area (Å²) >= 11 is 0. The first-order valence-electron chi connectivity index (χ1n) is 4.89. The second-order valence-corrected chi connectivity index (χ2v) is 3.75. The lowest BCUT2D eigenvalue weighted by atomic mass is 9.92. The zero-order valence-electron chi connectivity index (χ0n) is 10.3. The van der Waals surface area contributed by atoms with Crippen LogP contribution in [0.1, 0.15) is 34.6 Å². The van der Waals surface area contributed by atoms with Crippen LogP contribution in [0.4, 0.5) is 0 Å². The molecule has 0 aromatic rings. The quantitative estimate of drug-likeness (QED) is 0.337. The van der Waals surface area contributed by atoms with Crippen LogP contribution >= 0.6 is 0 Å². The van der Waals surface area contributed by atoms with Crippen molar-refractivity contribution >= 4 is 11.4 Å². The Morgan fingerprint density at radius 3 is 2.07 bits per heavy atom. The zero-order chi connectivity index (χ0) is 12.0. The van der Waals surface area contributed by atoms with Crippen molar-refractivity contribution in [3.05, 3.63) is 11.1 Å². The minimum absolute atomic E-state index is 0.0887. The van der Waals surface area contributed by atoms with E-state index in [2.05, 4.69) is 10.3 Å². The van der Waals surface area contributed by atoms with Gasteiger partial charge in [0.25, 0.3) is 0 Å². The highest BCUT2D eigenvalue weighted by atomic mass is 16.6. The fourth-order valence-corrected chi connectivity index (χ4v) is 1.25. The molecule has 4 nitrogen and oxygen atoms in total. The maximum Gasteiger partial charge on any atom is 0.111 e. The maximum atomic E-state index is 8.74. The summed E-state index contributed by atoms with van der Waals surface area (Å²) in [5.41, 5.74) is 3.56. The summed E-state index contributed by atoms with van der Waals surface area (Å²) in [4.78, 5) is 4.75. The number of rotatable bonds is 4. The van der Waals surface area contributed by atoms with Gasteiger partial charge in [-0.1, -0.05) is 28.4 Å². The average molecular weight is 212 g/mol. The largest absolute Gasteiger partial charge is 0.411 e. The highest BCUT2D eigenvalue weighted by molar-refractivity contribution is 6.42. The fourth-order valence-electron chi connectivity index (χ4n) is 1.25. The van der Waals surface area contributed by atoms with Gasteiger partial charge in [0.05, 0.1) is 0 Å². The van der Waals surface area contributed by atoms with E-state index in [0.29, 0.717) is 11.4 Å². The molecule has 0 aliphatic heterocycles. The number of nitrogens with zero attached hydrogens (tertiary/aromatic N) is 2. The van der Waals surface area contributed by atoms with Gasteiger partial charge in [0.2, 0.25) is 0 Å². The van der Waals surface area contributed by atoms with Crippen LogP contribution in [0.3, 0.4) is 0 Å². The van der Waals surface area contributed by atoms with Crippen molar-refractivity contribution in [3.63, 3.8) is 0 Å². The van der Waals surface area contributed by atoms with E-state index in [9.17, 15) is 0 Å². The van der Waals surface area contributed by atoms with E-state index in [1.54, 1.807) is 6.92 Å². The molecule has 86 valence electrons. The lowest BCUT2D eigenvalue weighted by Crippen LogP contribution is -2.21. The molecule has 0 heterocycles. The van der Waals surface area contributed by atoms with Crippen LogP contribution in [0.2, 0.25) is 0 Å². The normalized spacial score (nSPS) is 14.8. The Kier molecular flexibility index (Phi) is 5.67. The molecule has 0 rings (SSSR count). The van der Waals surface area contributed by atoms with E-state index in [-0.39, 0.29) is 5.92 Å². The van der Waals surface area contributed by atoms with Gasteiger partial charge in [-0.05, 0) is 27.7 Å². The Morgan fingerprint density at radius 1 is 1.20 bits per heavy atom. The first kappa shape index (κ1) is 13.7. The average Bonchev–Trinajstić information content (AvgIpc) is 2.22. The third-order valence-corrected chi connectivity index (χ3v) is 2.56. The molecule has 1 unspecified atom stereocenters. The van der Waals surface area contributed by atoms with E-state index in [4.69, 9.17) is 10.0 Å². The maximum absolute atomic E-state index is 8.74. The highest BCUT2D eigenvalue weighted by Crippen LogP contribution is 2.17. The fraction of sp³-hybridized carbons (Fsp3) is 0.636. The molecular weight excluding hydrogens is 192 g/mol. The minimum Gasteiger partial charge on any atom is -0.411 e. The van der Waals surface area contributed by atoms with E-state index in [1.807, 2.05) is 27.7 Å². The summed E-state index contributed by atoms with van der Waals surface area (Å²) in [6.07, 6.45) is 0. The summed E-state index contributed by atoms with van der Waals surface area (Å²) < 4.78 is 0. The molecular formula is C11H20N2O2. The highest BCUT2D eigenvalue weighted by Gasteiger charge is 2.17. The van der Waals surface area contributed by atoms with Crippen molar-refractivity contribution in [1.29, 1.82) is 0 Å². The Hall–Kier alpha value is -1.32. The van der Waals surface area contributed by atoms with Gasteiger partial charge in [-0.15, -0.1) is 0 Å². The van der Waals surface area contributed by atoms with Gasteiger partial charge >= 0.3 is 0 Å². The van der Waals surface area contributed by atoms with E-state index >= 15 is 0 Å². The molecule has 1 atom stereocenters. The van der Waals surface area contributed by atoms with Gasteiger partial charge in [-0.3, -0.25) is 0 Å². The molecule has 0 aromatic carbocycles. The molecule has 0 aromatic heterocycles. The molecule has 0 aliphatic rings. The zero-order valence-corrected chi connectivity index (χ0v) is 10.3. The molecule has 0 saturated heterocycles. The molecule has 0 bridgehead atoms. The minimum atomic E-state index is 0.0887. The van der Waals surface area contributed by atoms with E-state index in [1.165, 1.54) is 18.3 Å². The van der Waals surface area contributed by atoms with Crippen LogP contribution in [-0.2, 0) is 4.84 Å². The topological polar surface area (TPSA) is 54.2 Å². The number of hydrogen-bond donors (Lipinski definition) is 1. The van der Waals surface area contributed by atoms with Crippen LogP contribution in [-0.4, -0.2) is 23.7 Å². The van der Waals surface area contributed by atoms with Gasteiger partial charge in [0, 0.05) is 5.92 Å². The van der Waals surface area contributed by atoms with Gasteiger partial charge < -0.3 is 10.0 Å². The Morgan fingerprint density at radius 2 is 1.73 bits per heavy atom. The van der Waals surface area contributed by atoms with Crippen LogP contribution in [0.15, 0.2) is 21.5 Å². The van der Waals surface area contributed by atoms with Crippen molar-refractivity contribution in [3.8, 4) is 0 Å². The monoisotopic (exact) mass is 212 g/mol. The SMILES string of the molecule is CO/N=C(\C(C)=N/O)C(C)C(C)=C(C)C. The molecule has 0 saturated carbocycles. The van der Waals surface area contributed by atoms with Crippen LogP contribution in [0.25, 0.3) is 0 Å². The molecule has 15 heavy (non-hydrogen) atoms. The molecule has 0 fully saturated rings. The standard InChI is InChI=1S/C11H20N2O2/c1-7(2)8(3)9(4)11(13-15-6)10(5)12-14/h9,14H,1-6H3/b12-10-,13-11-. The van der Waals surface area contributed by atoms with Crippen molar-refractivity contribution in [2.45, 2.75) is 34.6 Å². The van der Waals surface area contributed by atoms with Crippen LogP contribution in [0, 0.1) is 5.92 Å². The molecule has 0 radical (unpaired) electrons. The number of oxime groups is 2. The summed E-state index contributed by atoms with van der Waals surface area (Å²) in [7, 11) is 1.48. The second kappa shape index (κ2) is 6.22. The van der Waals surface area contributed by atoms with Crippen LogP contribution in [0.5, 0.6) is 0 Å². The third kappa shape index (κ3) is 3.73. The smallest absolute Gasteiger partial charge is 0.111 e. The van der Waals surface area contributed by atoms with Crippen molar-refractivity contribution in [2.24, 2.45) is 16.2 Å². The predicted octanol–water partition coefficient (Wildman–Crippen LogP) is 2.83. The molecule has 0 aliphatic carbocycles. The van der Waals surface area contributed by atoms with Crippen LogP contribution < -0.4 is 0 Å². The molecule has 0 spiro atoms. The van der Waals surface area contributed by atoms with Gasteiger partial charge in [-0.2, -0.15) is 0 Å². The summed E-state index contributed by atoms with van der Waals surface area (Å²) in [5, 5.41) is 15.8. The number of allylic oxidation sites excluding steroid dienone is 2. The van der Waals surface area contributed by atoms with E-state index in [0.717, 1.165) is 0 Å². The second-order valence-electron chi connectivity index (χ2n) is 3.75. The van der Waals surface area contributed by atoms with Crippen molar-refractivity contribution in [2.75, 3.05) is 7.11 Å². The van der Waals surface area contributed by atoms with Gasteiger partial charge in [0.15, 0.2) is 0 Å². The molecule has 1 N–H and O–H groups in total. The Labute approximate surface area is 91.3 Å². The molecule has 4 heteroatoms. The predicted molar refractivity (Wildman–Crippen MR) is 62.6 cm³/mol. The first-order chi connectivity index (χ1) is 6.95. The van der Waals surface area contributed by atoms with E-state index < -0.39 is 0 Å². The van der Waals surface area contributed by atoms with Crippen molar-refractivity contribution in [1.82, 2.24) is 0 Å². The third-order valence-electron chi connectivity index (χ3n) is 2.56. The van der Waals surface area contributed by atoms with Gasteiger partial charge in [-0.25, -0.2) is 0 Å². The Balaban J connectivity index is 5.14. The summed E-state index contributed by atoms with van der Waals surface area (Å²) in [5.74, 6) is 0.0887. The number of hydrogen-bond acceptors (Lipinski definition) is 4. The summed E-state index contributed by atoms with van der Waals surface area (Å²) in [6.45, 7) is 9.83. The first-order valence-corrected chi connectivity index (χ1v) is 4.89. The molecule has 0 amide bonds. The lowest BCUT2D eigenvalue weighted by Gasteiger charge is -2.15. The van der Waals surface area contributed by atoms with Crippen molar-refractivity contribution < 1.29 is 10.0 Å². The lowest BCUT2D eigenvalue weighted by molar-refractivity contribution is 0.212. The van der Waals surface area contributed by atoms with Gasteiger partial charge in [0.1, 0.15) is 18.5 Å². The summed E-state index contributed by atoms with van der Waals surface area (Å²) in [6, 6.07) is 0.